The van der Waals surface area contributed by atoms with E-state index in [0.717, 1.165) is 44.9 Å². The molecule has 2 unspecified atom stereocenters. The molecule has 1 aromatic rings. The highest BCUT2D eigenvalue weighted by atomic mass is 16.5. The molecule has 3 heterocycles. The third kappa shape index (κ3) is 3.11. The minimum absolute atomic E-state index is 0.0117. The largest absolute Gasteiger partial charge is 0.459 e. The molecule has 132 valence electrons. The first-order valence-corrected chi connectivity index (χ1v) is 9.29. The second-order valence-electron chi connectivity index (χ2n) is 7.63. The van der Waals surface area contributed by atoms with Crippen LogP contribution >= 0.6 is 0 Å². The lowest BCUT2D eigenvalue weighted by molar-refractivity contribution is -0.150. The van der Waals surface area contributed by atoms with Crippen LogP contribution in [0.4, 0.5) is 0 Å². The number of piperidine rings is 1. The number of nitrogens with zero attached hydrogens (tertiary/aromatic N) is 1. The summed E-state index contributed by atoms with van der Waals surface area (Å²) in [6, 6.07) is 3.51. The molecule has 1 aliphatic carbocycles. The number of furan rings is 1. The number of amides is 1. The molecule has 3 aliphatic rings. The van der Waals surface area contributed by atoms with Gasteiger partial charge in [-0.25, -0.2) is 0 Å². The predicted octanol–water partition coefficient (Wildman–Crippen LogP) is 3.11. The smallest absolute Gasteiger partial charge is 0.289 e. The van der Waals surface area contributed by atoms with Gasteiger partial charge in [0.1, 0.15) is 0 Å². The average Bonchev–Trinajstić information content (AvgIpc) is 3.10. The molecule has 1 saturated carbocycles. The van der Waals surface area contributed by atoms with Crippen LogP contribution in [0.2, 0.25) is 0 Å². The van der Waals surface area contributed by atoms with E-state index in [1.54, 1.807) is 18.4 Å². The topological polar surface area (TPSA) is 51.9 Å². The van der Waals surface area contributed by atoms with E-state index in [0.29, 0.717) is 18.9 Å². The van der Waals surface area contributed by atoms with E-state index >= 15 is 0 Å². The van der Waals surface area contributed by atoms with Gasteiger partial charge in [0, 0.05) is 31.7 Å². The van der Waals surface area contributed by atoms with Crippen molar-refractivity contribution in [2.75, 3.05) is 32.9 Å². The molecule has 2 aliphatic heterocycles. The van der Waals surface area contributed by atoms with Crippen LogP contribution in [0.3, 0.4) is 0 Å². The maximum atomic E-state index is 12.7. The Morgan fingerprint density at radius 1 is 1.33 bits per heavy atom. The maximum Gasteiger partial charge on any atom is 0.289 e. The molecule has 0 bridgehead atoms. The van der Waals surface area contributed by atoms with E-state index in [-0.39, 0.29) is 17.4 Å². The molecule has 3 fully saturated rings. The lowest BCUT2D eigenvalue weighted by Gasteiger charge is -2.50. The molecule has 2 saturated heterocycles. The fraction of sp³-hybridized carbons (Fsp3) is 0.737. The maximum absolute atomic E-state index is 12.7. The van der Waals surface area contributed by atoms with Crippen molar-refractivity contribution in [1.82, 2.24) is 4.90 Å². The third-order valence-corrected chi connectivity index (χ3v) is 5.98. The summed E-state index contributed by atoms with van der Waals surface area (Å²) >= 11 is 0. The van der Waals surface area contributed by atoms with Crippen LogP contribution < -0.4 is 0 Å². The van der Waals surface area contributed by atoms with Crippen LogP contribution in [0, 0.1) is 11.3 Å². The van der Waals surface area contributed by atoms with Crippen LogP contribution in [0.5, 0.6) is 0 Å². The van der Waals surface area contributed by atoms with Gasteiger partial charge in [-0.1, -0.05) is 6.42 Å². The van der Waals surface area contributed by atoms with E-state index in [2.05, 4.69) is 0 Å². The summed E-state index contributed by atoms with van der Waals surface area (Å²) in [4.78, 5) is 14.6. The number of carbonyl (C=O) groups is 1. The van der Waals surface area contributed by atoms with Crippen molar-refractivity contribution in [1.29, 1.82) is 0 Å². The molecule has 2 atom stereocenters. The zero-order valence-corrected chi connectivity index (χ0v) is 14.2. The summed E-state index contributed by atoms with van der Waals surface area (Å²) in [6.07, 6.45) is 8.73. The van der Waals surface area contributed by atoms with Crippen molar-refractivity contribution in [2.24, 2.45) is 11.3 Å². The van der Waals surface area contributed by atoms with Crippen molar-refractivity contribution in [2.45, 2.75) is 44.6 Å². The SMILES string of the molecule is O=C(c1ccco1)N1CCC2OCCCC2(COCC2CCC2)C1. The molecule has 0 N–H and O–H groups in total. The molecule has 0 spiro atoms. The fourth-order valence-corrected chi connectivity index (χ4v) is 4.32. The molecule has 5 heteroatoms. The summed E-state index contributed by atoms with van der Waals surface area (Å²) in [6.45, 7) is 3.84. The number of hydrogen-bond acceptors (Lipinski definition) is 4. The van der Waals surface area contributed by atoms with Gasteiger partial charge in [-0.2, -0.15) is 0 Å². The van der Waals surface area contributed by atoms with E-state index in [9.17, 15) is 4.79 Å². The van der Waals surface area contributed by atoms with Crippen molar-refractivity contribution in [3.8, 4) is 0 Å². The van der Waals surface area contributed by atoms with Crippen molar-refractivity contribution in [3.05, 3.63) is 24.2 Å². The highest BCUT2D eigenvalue weighted by molar-refractivity contribution is 5.91. The summed E-state index contributed by atoms with van der Waals surface area (Å²) in [5, 5.41) is 0. The molecule has 5 nitrogen and oxygen atoms in total. The Kier molecular flexibility index (Phi) is 4.63. The number of carbonyl (C=O) groups excluding carboxylic acids is 1. The average molecular weight is 333 g/mol. The number of fused-ring (bicyclic) bond motifs is 1. The van der Waals surface area contributed by atoms with E-state index < -0.39 is 0 Å². The molecular formula is C19H27NO4. The van der Waals surface area contributed by atoms with Gasteiger partial charge in [0.25, 0.3) is 5.91 Å². The Hall–Kier alpha value is -1.33. The third-order valence-electron chi connectivity index (χ3n) is 5.98. The first kappa shape index (κ1) is 16.2. The molecule has 4 rings (SSSR count). The minimum atomic E-state index is -0.0531. The predicted molar refractivity (Wildman–Crippen MR) is 88.8 cm³/mol. The van der Waals surface area contributed by atoms with E-state index in [1.165, 1.54) is 19.3 Å². The van der Waals surface area contributed by atoms with Crippen molar-refractivity contribution < 1.29 is 18.7 Å². The normalized spacial score (nSPS) is 30.7. The van der Waals surface area contributed by atoms with Gasteiger partial charge in [-0.15, -0.1) is 0 Å². The summed E-state index contributed by atoms with van der Waals surface area (Å²) in [7, 11) is 0. The first-order chi connectivity index (χ1) is 11.8. The molecule has 24 heavy (non-hydrogen) atoms. The Labute approximate surface area is 143 Å². The molecule has 0 aromatic carbocycles. The number of hydrogen-bond donors (Lipinski definition) is 0. The monoisotopic (exact) mass is 333 g/mol. The van der Waals surface area contributed by atoms with Gasteiger partial charge in [-0.05, 0) is 50.2 Å². The van der Waals surface area contributed by atoms with Crippen LogP contribution in [0.15, 0.2) is 22.8 Å². The Bertz CT molecular complexity index is 554. The lowest BCUT2D eigenvalue weighted by atomic mass is 9.73. The minimum Gasteiger partial charge on any atom is -0.459 e. The highest BCUT2D eigenvalue weighted by Crippen LogP contribution is 2.41. The van der Waals surface area contributed by atoms with Gasteiger partial charge >= 0.3 is 0 Å². The Balaban J connectivity index is 1.43. The second-order valence-corrected chi connectivity index (χ2v) is 7.63. The van der Waals surface area contributed by atoms with Crippen molar-refractivity contribution in [3.63, 3.8) is 0 Å². The van der Waals surface area contributed by atoms with Crippen LogP contribution in [0.25, 0.3) is 0 Å². The summed E-state index contributed by atoms with van der Waals surface area (Å²) in [5.74, 6) is 1.16. The Morgan fingerprint density at radius 2 is 2.25 bits per heavy atom. The van der Waals surface area contributed by atoms with Crippen molar-refractivity contribution >= 4 is 5.91 Å². The van der Waals surface area contributed by atoms with Gasteiger partial charge < -0.3 is 18.8 Å². The second kappa shape index (κ2) is 6.89. The lowest BCUT2D eigenvalue weighted by Crippen LogP contribution is -2.58. The quantitative estimate of drug-likeness (QED) is 0.831. The Morgan fingerprint density at radius 3 is 3.00 bits per heavy atom. The van der Waals surface area contributed by atoms with Crippen LogP contribution in [0.1, 0.15) is 49.1 Å². The van der Waals surface area contributed by atoms with Gasteiger partial charge in [0.15, 0.2) is 5.76 Å². The molecule has 1 aromatic heterocycles. The fourth-order valence-electron chi connectivity index (χ4n) is 4.32. The zero-order valence-electron chi connectivity index (χ0n) is 14.2. The molecular weight excluding hydrogens is 306 g/mol. The number of ether oxygens (including phenoxy) is 2. The van der Waals surface area contributed by atoms with E-state index in [4.69, 9.17) is 13.9 Å². The first-order valence-electron chi connectivity index (χ1n) is 9.29. The molecule has 0 radical (unpaired) electrons. The molecule has 1 amide bonds. The highest BCUT2D eigenvalue weighted by Gasteiger charge is 2.47. The number of rotatable bonds is 5. The standard InChI is InChI=1S/C19H27NO4/c21-18(16-6-2-10-23-16)20-9-7-17-19(13-20,8-3-11-24-17)14-22-12-15-4-1-5-15/h2,6,10,15,17H,1,3-5,7-9,11-14H2. The van der Waals surface area contributed by atoms with Gasteiger partial charge in [0.05, 0.1) is 19.0 Å². The zero-order chi connectivity index (χ0) is 16.4. The summed E-state index contributed by atoms with van der Waals surface area (Å²) < 4.78 is 17.5. The van der Waals surface area contributed by atoms with Gasteiger partial charge in [-0.3, -0.25) is 4.79 Å². The summed E-state index contributed by atoms with van der Waals surface area (Å²) in [5.41, 5.74) is -0.0531. The van der Waals surface area contributed by atoms with Crippen LogP contribution in [-0.2, 0) is 9.47 Å². The number of likely N-dealkylation sites (tertiary alicyclic amines) is 1. The van der Waals surface area contributed by atoms with Crippen LogP contribution in [-0.4, -0.2) is 49.8 Å². The van der Waals surface area contributed by atoms with E-state index in [1.807, 2.05) is 4.90 Å². The van der Waals surface area contributed by atoms with Gasteiger partial charge in [0.2, 0.25) is 0 Å².